The number of Topliss-reactive ketones (excluding diaryl/α,β-unsaturated/α-hetero) is 2. The van der Waals surface area contributed by atoms with Crippen molar-refractivity contribution in [2.45, 2.75) is 97.9 Å². The van der Waals surface area contributed by atoms with Crippen LogP contribution in [0.3, 0.4) is 0 Å². The molecule has 1 aromatic carbocycles. The van der Waals surface area contributed by atoms with Crippen molar-refractivity contribution in [1.29, 1.82) is 0 Å². The van der Waals surface area contributed by atoms with Gasteiger partial charge < -0.3 is 26.2 Å². The summed E-state index contributed by atoms with van der Waals surface area (Å²) in [6, 6.07) is 1.92. The number of allylic oxidation sites excluding steroid dienone is 1. The van der Waals surface area contributed by atoms with Crippen molar-refractivity contribution in [3.63, 3.8) is 0 Å². The zero-order valence-electron chi connectivity index (χ0n) is 24.7. The summed E-state index contributed by atoms with van der Waals surface area (Å²) in [4.78, 5) is 40.6. The number of unbranched alkanes of at least 4 members (excludes halogenated alkanes) is 1. The highest BCUT2D eigenvalue weighted by molar-refractivity contribution is 6.09. The van der Waals surface area contributed by atoms with Gasteiger partial charge in [-0.2, -0.15) is 0 Å². The first kappa shape index (κ1) is 30.4. The summed E-state index contributed by atoms with van der Waals surface area (Å²) < 4.78 is 0. The number of primary amides is 1. The van der Waals surface area contributed by atoms with Crippen molar-refractivity contribution in [3.8, 4) is 5.75 Å². The maximum atomic E-state index is 14.4. The number of aliphatic hydroxyl groups is 3. The molecule has 2 saturated carbocycles. The van der Waals surface area contributed by atoms with Gasteiger partial charge in [0.15, 0.2) is 17.2 Å². The highest BCUT2D eigenvalue weighted by Gasteiger charge is 2.75. The third-order valence-corrected chi connectivity index (χ3v) is 10.2. The third-order valence-electron chi connectivity index (χ3n) is 10.2. The highest BCUT2D eigenvalue weighted by Crippen LogP contribution is 2.66. The maximum absolute atomic E-state index is 14.4. The Morgan fingerprint density at radius 1 is 1.18 bits per heavy atom. The molecule has 8 heteroatoms. The Morgan fingerprint density at radius 3 is 2.33 bits per heavy atom. The molecule has 8 nitrogen and oxygen atoms in total. The minimum absolute atomic E-state index is 0.0412. The van der Waals surface area contributed by atoms with Crippen LogP contribution in [0.2, 0.25) is 0 Å². The summed E-state index contributed by atoms with van der Waals surface area (Å²) in [6.07, 6.45) is 2.61. The smallest absolute Gasteiger partial charge is 0.230 e. The van der Waals surface area contributed by atoms with E-state index in [9.17, 15) is 34.8 Å². The second-order valence-electron chi connectivity index (χ2n) is 13.6. The summed E-state index contributed by atoms with van der Waals surface area (Å²) >= 11 is 0. The molecular weight excluding hydrogens is 510 g/mol. The van der Waals surface area contributed by atoms with E-state index in [1.165, 1.54) is 0 Å². The molecule has 0 heterocycles. The minimum Gasteiger partial charge on any atom is -0.507 e. The Balaban J connectivity index is 1.97. The third kappa shape index (κ3) is 4.01. The largest absolute Gasteiger partial charge is 0.507 e. The van der Waals surface area contributed by atoms with Crippen LogP contribution in [-0.2, 0) is 16.0 Å². The molecule has 0 radical (unpaired) electrons. The molecule has 4 rings (SSSR count). The Labute approximate surface area is 236 Å². The maximum Gasteiger partial charge on any atom is 0.230 e. The van der Waals surface area contributed by atoms with Gasteiger partial charge in [0, 0.05) is 11.0 Å². The van der Waals surface area contributed by atoms with Crippen LogP contribution in [0, 0.1) is 34.5 Å². The normalized spacial score (nSPS) is 37.5. The van der Waals surface area contributed by atoms with E-state index in [0.717, 1.165) is 18.4 Å². The first-order chi connectivity index (χ1) is 18.5. The van der Waals surface area contributed by atoms with Gasteiger partial charge in [0.05, 0.1) is 17.6 Å². The van der Waals surface area contributed by atoms with Gasteiger partial charge in [-0.3, -0.25) is 14.4 Å². The highest BCUT2D eigenvalue weighted by atomic mass is 16.4. The zero-order valence-corrected chi connectivity index (χ0v) is 24.7. The van der Waals surface area contributed by atoms with E-state index < -0.39 is 63.9 Å². The molecule has 2 unspecified atom stereocenters. The average Bonchev–Trinajstić information content (AvgIpc) is 2.82. The lowest BCUT2D eigenvalue weighted by Gasteiger charge is -2.66. The van der Waals surface area contributed by atoms with Gasteiger partial charge in [0.1, 0.15) is 17.8 Å². The van der Waals surface area contributed by atoms with Crippen LogP contribution in [0.4, 0.5) is 0 Å². The summed E-state index contributed by atoms with van der Waals surface area (Å²) in [5, 5.41) is 46.8. The van der Waals surface area contributed by atoms with E-state index in [2.05, 4.69) is 0 Å². The van der Waals surface area contributed by atoms with Crippen LogP contribution >= 0.6 is 0 Å². The number of ketones is 2. The Hall–Kier alpha value is -2.55. The van der Waals surface area contributed by atoms with Crippen LogP contribution in [0.25, 0.3) is 6.08 Å². The Kier molecular flexibility index (Phi) is 7.65. The van der Waals surface area contributed by atoms with Gasteiger partial charge >= 0.3 is 0 Å². The lowest BCUT2D eigenvalue weighted by atomic mass is 9.39. The monoisotopic (exact) mass is 555 g/mol. The molecule has 1 amide bonds. The van der Waals surface area contributed by atoms with E-state index in [-0.39, 0.29) is 29.6 Å². The number of benzene rings is 1. The van der Waals surface area contributed by atoms with Crippen molar-refractivity contribution in [1.82, 2.24) is 0 Å². The van der Waals surface area contributed by atoms with Gasteiger partial charge in [-0.05, 0) is 59.6 Å². The van der Waals surface area contributed by atoms with Gasteiger partial charge in [-0.1, -0.05) is 67.0 Å². The van der Waals surface area contributed by atoms with Crippen molar-refractivity contribution < 1.29 is 34.8 Å². The summed E-state index contributed by atoms with van der Waals surface area (Å²) in [5.74, 6) is -6.79. The van der Waals surface area contributed by atoms with E-state index in [0.29, 0.717) is 17.5 Å². The average molecular weight is 556 g/mol. The lowest BCUT2D eigenvalue weighted by molar-refractivity contribution is -0.265. The fourth-order valence-corrected chi connectivity index (χ4v) is 8.67. The van der Waals surface area contributed by atoms with E-state index >= 15 is 0 Å². The first-order valence-corrected chi connectivity index (χ1v) is 14.5. The number of fused-ring (bicyclic) bond motifs is 3. The summed E-state index contributed by atoms with van der Waals surface area (Å²) in [6.45, 7) is 13.3. The molecule has 220 valence electrons. The number of hydrogen-bond acceptors (Lipinski definition) is 7. The van der Waals surface area contributed by atoms with E-state index in [1.807, 2.05) is 53.7 Å². The quantitative estimate of drug-likeness (QED) is 0.336. The molecule has 0 aromatic heterocycles. The van der Waals surface area contributed by atoms with E-state index in [4.69, 9.17) is 5.73 Å². The number of amides is 1. The predicted molar refractivity (Wildman–Crippen MR) is 151 cm³/mol. The molecule has 0 bridgehead atoms. The second kappa shape index (κ2) is 10.1. The van der Waals surface area contributed by atoms with Crippen LogP contribution in [0.1, 0.15) is 101 Å². The lowest BCUT2D eigenvalue weighted by Crippen LogP contribution is -2.79. The van der Waals surface area contributed by atoms with Crippen molar-refractivity contribution in [2.24, 2.45) is 40.2 Å². The molecular formula is C32H45NO7. The zero-order chi connectivity index (χ0) is 30.1. The molecule has 0 saturated heterocycles. The number of phenols is 1. The number of aliphatic hydroxyl groups excluding tert-OH is 2. The predicted octanol–water partition coefficient (Wildman–Crippen LogP) is 3.51. The number of nitrogens with two attached hydrogens (primary N) is 1. The topological polar surface area (TPSA) is 158 Å². The minimum atomic E-state index is -2.51. The molecule has 0 spiro atoms. The van der Waals surface area contributed by atoms with Gasteiger partial charge in [-0.15, -0.1) is 0 Å². The molecule has 3 aliphatic carbocycles. The van der Waals surface area contributed by atoms with E-state index in [1.54, 1.807) is 13.0 Å². The number of phenolic OH excluding ortho intramolecular Hbond substituents is 1. The van der Waals surface area contributed by atoms with Crippen molar-refractivity contribution in [2.75, 3.05) is 0 Å². The fraction of sp³-hybridized carbons (Fsp3) is 0.656. The first-order valence-electron chi connectivity index (χ1n) is 14.5. The van der Waals surface area contributed by atoms with Crippen LogP contribution in [0.5, 0.6) is 5.75 Å². The molecule has 40 heavy (non-hydrogen) atoms. The summed E-state index contributed by atoms with van der Waals surface area (Å²) in [5.41, 5.74) is 3.02. The number of aromatic hydroxyl groups is 1. The SMILES string of the molecule is CCCC=Cc1cc(C(C)C)c2c(c1O)C(=O)[C@@H]1C(O)[C@@]3(O)C(=O)[C@H](C(N)=O)C(O)[C@H](C(C)C)[C@@]3(C)C[C@@]1(C)C2. The Morgan fingerprint density at radius 2 is 1.80 bits per heavy atom. The number of carbonyl (C=O) groups is 3. The Bertz CT molecular complexity index is 1270. The second-order valence-corrected chi connectivity index (χ2v) is 13.6. The molecule has 8 atom stereocenters. The molecule has 0 aliphatic heterocycles. The van der Waals surface area contributed by atoms with Crippen LogP contribution < -0.4 is 5.73 Å². The number of carbonyl (C=O) groups excluding carboxylic acids is 3. The van der Waals surface area contributed by atoms with Gasteiger partial charge in [0.2, 0.25) is 5.91 Å². The molecule has 2 fully saturated rings. The van der Waals surface area contributed by atoms with Crippen LogP contribution in [0.15, 0.2) is 12.1 Å². The molecule has 1 aromatic rings. The van der Waals surface area contributed by atoms with Crippen molar-refractivity contribution in [3.05, 3.63) is 34.4 Å². The van der Waals surface area contributed by atoms with Crippen LogP contribution in [-0.4, -0.2) is 55.7 Å². The van der Waals surface area contributed by atoms with Crippen molar-refractivity contribution >= 4 is 23.5 Å². The van der Waals surface area contributed by atoms with Gasteiger partial charge in [0.25, 0.3) is 0 Å². The van der Waals surface area contributed by atoms with Gasteiger partial charge in [-0.25, -0.2) is 0 Å². The number of rotatable bonds is 6. The standard InChI is InChI=1S/C32H45NO7/c1-8-9-10-11-17-12-18(15(2)3)19-13-30(6)14-31(7)22(16(4)5)26(36)21(29(33)39)27(37)32(31,40)28(38)23(30)25(35)20(19)24(17)34/h10-12,15-16,21-23,26,28,34,36,38,40H,8-9,13-14H2,1-7H3,(H2,33,39)/t21-,22+,23-,26?,28?,30-,31-,32+/m1/s1. The number of hydrogen-bond donors (Lipinski definition) is 5. The summed E-state index contributed by atoms with van der Waals surface area (Å²) in [7, 11) is 0. The molecule has 6 N–H and O–H groups in total. The fourth-order valence-electron chi connectivity index (χ4n) is 8.67. The molecule has 3 aliphatic rings.